The molecule has 0 atom stereocenters. The van der Waals surface area contributed by atoms with Crippen LogP contribution in [0.15, 0.2) is 94.2 Å². The highest BCUT2D eigenvalue weighted by Gasteiger charge is 2.20. The molecule has 1 N–H and O–H groups in total. The number of rotatable bonds is 10. The van der Waals surface area contributed by atoms with Gasteiger partial charge in [-0.15, -0.1) is 11.3 Å². The minimum Gasteiger partial charge on any atom is -0.462 e. The van der Waals surface area contributed by atoms with Crippen LogP contribution in [0.5, 0.6) is 0 Å². The van der Waals surface area contributed by atoms with Crippen molar-refractivity contribution in [2.75, 3.05) is 24.3 Å². The van der Waals surface area contributed by atoms with Crippen molar-refractivity contribution in [3.8, 4) is 16.8 Å². The number of benzene rings is 3. The predicted molar refractivity (Wildman–Crippen MR) is 168 cm³/mol. The maximum atomic E-state index is 14.0. The number of ether oxygens (including phenoxy) is 2. The molecule has 1 amide bonds. The number of para-hydroxylation sites is 1. The molecule has 3 aromatic carbocycles. The van der Waals surface area contributed by atoms with Crippen LogP contribution in [0.2, 0.25) is 0 Å². The first-order valence-corrected chi connectivity index (χ1v) is 15.3. The molecular weight excluding hydrogens is 587 g/mol. The monoisotopic (exact) mass is 613 g/mol. The first-order chi connectivity index (χ1) is 20.9. The average Bonchev–Trinajstić information content (AvgIpc) is 3.45. The zero-order valence-electron chi connectivity index (χ0n) is 23.4. The molecule has 0 saturated heterocycles. The smallest absolute Gasteiger partial charge is 0.338 e. The van der Waals surface area contributed by atoms with Crippen molar-refractivity contribution < 1.29 is 23.9 Å². The van der Waals surface area contributed by atoms with Crippen LogP contribution in [0.3, 0.4) is 0 Å². The molecule has 218 valence electrons. The second-order valence-electron chi connectivity index (χ2n) is 9.14. The number of amides is 1. The average molecular weight is 614 g/mol. The molecule has 0 unspecified atom stereocenters. The van der Waals surface area contributed by atoms with E-state index in [-0.39, 0.29) is 41.3 Å². The van der Waals surface area contributed by atoms with E-state index in [0.29, 0.717) is 21.1 Å². The van der Waals surface area contributed by atoms with Gasteiger partial charge in [-0.2, -0.15) is 0 Å². The summed E-state index contributed by atoms with van der Waals surface area (Å²) >= 11 is 2.47. The lowest BCUT2D eigenvalue weighted by Crippen LogP contribution is -2.22. The summed E-state index contributed by atoms with van der Waals surface area (Å²) in [6.07, 6.45) is 0. The number of fused-ring (bicyclic) bond motifs is 1. The lowest BCUT2D eigenvalue weighted by atomic mass is 10.1. The number of hydrogen-bond acceptors (Lipinski definition) is 9. The molecule has 2 aromatic heterocycles. The van der Waals surface area contributed by atoms with Crippen molar-refractivity contribution in [1.82, 2.24) is 9.55 Å². The fraction of sp³-hybridized carbons (Fsp3) is 0.156. The van der Waals surface area contributed by atoms with Gasteiger partial charge in [0.15, 0.2) is 5.16 Å². The van der Waals surface area contributed by atoms with Crippen molar-refractivity contribution >= 4 is 56.8 Å². The van der Waals surface area contributed by atoms with Crippen molar-refractivity contribution in [2.45, 2.75) is 19.0 Å². The molecule has 0 aliphatic heterocycles. The third kappa shape index (κ3) is 6.68. The highest BCUT2D eigenvalue weighted by molar-refractivity contribution is 7.99. The molecule has 9 nitrogen and oxygen atoms in total. The number of anilines is 1. The Bertz CT molecular complexity index is 1820. The summed E-state index contributed by atoms with van der Waals surface area (Å²) in [5.74, 6) is -1.78. The van der Waals surface area contributed by atoms with Crippen LogP contribution in [0.4, 0.5) is 5.69 Å². The van der Waals surface area contributed by atoms with Gasteiger partial charge in [-0.25, -0.2) is 14.6 Å². The Morgan fingerprint density at radius 2 is 1.49 bits per heavy atom. The zero-order chi connectivity index (χ0) is 30.3. The Balaban J connectivity index is 1.46. The Kier molecular flexibility index (Phi) is 9.33. The summed E-state index contributed by atoms with van der Waals surface area (Å²) in [6, 6.07) is 23.0. The largest absolute Gasteiger partial charge is 0.462 e. The van der Waals surface area contributed by atoms with Crippen molar-refractivity contribution in [2.24, 2.45) is 0 Å². The van der Waals surface area contributed by atoms with Crippen LogP contribution in [0.25, 0.3) is 27.0 Å². The molecule has 0 radical (unpaired) electrons. The lowest BCUT2D eigenvalue weighted by Gasteiger charge is -2.13. The quantitative estimate of drug-likeness (QED) is 0.112. The summed E-state index contributed by atoms with van der Waals surface area (Å²) in [5, 5.41) is 5.52. The summed E-state index contributed by atoms with van der Waals surface area (Å²) < 4.78 is 11.7. The van der Waals surface area contributed by atoms with E-state index < -0.39 is 17.8 Å². The standard InChI is InChI=1S/C32H27N3O6S2/c1-3-40-30(38)21-15-22(31(39)41-4-2)17-23(16-21)33-26(36)19-43-32-34-28-27(25(18-42-28)20-11-7-5-8-12-20)29(37)35(32)24-13-9-6-10-14-24/h5-18H,3-4,19H2,1-2H3,(H,33,36). The molecule has 11 heteroatoms. The van der Waals surface area contributed by atoms with E-state index in [4.69, 9.17) is 14.5 Å². The predicted octanol–water partition coefficient (Wildman–Crippen LogP) is 6.20. The Morgan fingerprint density at radius 3 is 2.09 bits per heavy atom. The van der Waals surface area contributed by atoms with E-state index in [2.05, 4.69) is 5.32 Å². The Hall–Kier alpha value is -4.74. The van der Waals surface area contributed by atoms with Gasteiger partial charge in [0.1, 0.15) is 4.83 Å². The third-order valence-corrected chi connectivity index (χ3v) is 8.06. The highest BCUT2D eigenvalue weighted by atomic mass is 32.2. The molecule has 0 fully saturated rings. The molecule has 0 aliphatic carbocycles. The lowest BCUT2D eigenvalue weighted by molar-refractivity contribution is -0.113. The topological polar surface area (TPSA) is 117 Å². The molecule has 2 heterocycles. The number of aromatic nitrogens is 2. The summed E-state index contributed by atoms with van der Waals surface area (Å²) in [4.78, 5) is 57.2. The summed E-state index contributed by atoms with van der Waals surface area (Å²) in [5.41, 5.74) is 2.54. The van der Waals surface area contributed by atoms with Crippen LogP contribution < -0.4 is 10.9 Å². The summed E-state index contributed by atoms with van der Waals surface area (Å²) in [6.45, 7) is 3.65. The van der Waals surface area contributed by atoms with Gasteiger partial charge < -0.3 is 14.8 Å². The number of carbonyl (C=O) groups is 3. The molecule has 43 heavy (non-hydrogen) atoms. The number of carbonyl (C=O) groups excluding carboxylic acids is 3. The Morgan fingerprint density at radius 1 is 0.884 bits per heavy atom. The normalized spacial score (nSPS) is 10.8. The first kappa shape index (κ1) is 29.7. The maximum Gasteiger partial charge on any atom is 0.338 e. The fourth-order valence-electron chi connectivity index (χ4n) is 4.40. The second kappa shape index (κ2) is 13.5. The number of esters is 2. The van der Waals surface area contributed by atoms with Crippen LogP contribution in [0.1, 0.15) is 34.6 Å². The van der Waals surface area contributed by atoms with Crippen LogP contribution in [-0.4, -0.2) is 46.4 Å². The van der Waals surface area contributed by atoms with E-state index in [1.807, 2.05) is 66.0 Å². The molecule has 0 saturated carbocycles. The van der Waals surface area contributed by atoms with E-state index in [0.717, 1.165) is 22.9 Å². The molecule has 0 bridgehead atoms. The molecule has 0 aliphatic rings. The second-order valence-corrected chi connectivity index (χ2v) is 10.9. The van der Waals surface area contributed by atoms with E-state index >= 15 is 0 Å². The van der Waals surface area contributed by atoms with Gasteiger partial charge in [0.25, 0.3) is 5.56 Å². The van der Waals surface area contributed by atoms with Crippen molar-refractivity contribution in [1.29, 1.82) is 0 Å². The highest BCUT2D eigenvalue weighted by Crippen LogP contribution is 2.33. The van der Waals surface area contributed by atoms with Gasteiger partial charge in [0, 0.05) is 16.6 Å². The number of hydrogen-bond donors (Lipinski definition) is 1. The number of thiophene rings is 1. The molecule has 5 rings (SSSR count). The first-order valence-electron chi connectivity index (χ1n) is 13.5. The number of nitrogens with one attached hydrogen (secondary N) is 1. The van der Waals surface area contributed by atoms with Gasteiger partial charge in [-0.3, -0.25) is 14.2 Å². The van der Waals surface area contributed by atoms with E-state index in [9.17, 15) is 19.2 Å². The van der Waals surface area contributed by atoms with Gasteiger partial charge in [-0.05, 0) is 49.7 Å². The minimum atomic E-state index is -0.631. The molecule has 5 aromatic rings. The van der Waals surface area contributed by atoms with Gasteiger partial charge >= 0.3 is 11.9 Å². The summed E-state index contributed by atoms with van der Waals surface area (Å²) in [7, 11) is 0. The van der Waals surface area contributed by atoms with E-state index in [1.54, 1.807) is 13.8 Å². The zero-order valence-corrected chi connectivity index (χ0v) is 25.0. The molecule has 0 spiro atoms. The fourth-order valence-corrected chi connectivity index (χ4v) is 6.20. The molecular formula is C32H27N3O6S2. The van der Waals surface area contributed by atoms with Crippen molar-refractivity contribution in [3.63, 3.8) is 0 Å². The Labute approximate surface area is 255 Å². The SMILES string of the molecule is CCOC(=O)c1cc(NC(=O)CSc2nc3scc(-c4ccccc4)c3c(=O)n2-c2ccccc2)cc(C(=O)OCC)c1. The number of thioether (sulfide) groups is 1. The number of nitrogens with zero attached hydrogens (tertiary/aromatic N) is 2. The van der Waals surface area contributed by atoms with Crippen molar-refractivity contribution in [3.05, 3.63) is 106 Å². The third-order valence-electron chi connectivity index (χ3n) is 6.25. The van der Waals surface area contributed by atoms with Crippen LogP contribution in [-0.2, 0) is 14.3 Å². The minimum absolute atomic E-state index is 0.0972. The van der Waals surface area contributed by atoms with Gasteiger partial charge in [0.05, 0.1) is 41.2 Å². The van der Waals surface area contributed by atoms with Gasteiger partial charge in [-0.1, -0.05) is 60.3 Å². The van der Waals surface area contributed by atoms with Crippen LogP contribution in [0, 0.1) is 0 Å². The maximum absolute atomic E-state index is 14.0. The van der Waals surface area contributed by atoms with E-state index in [1.165, 1.54) is 34.1 Å². The van der Waals surface area contributed by atoms with Crippen LogP contribution >= 0.6 is 23.1 Å². The van der Waals surface area contributed by atoms with Gasteiger partial charge in [0.2, 0.25) is 5.91 Å².